The fourth-order valence-corrected chi connectivity index (χ4v) is 3.53. The monoisotopic (exact) mass is 315 g/mol. The number of thiazole rings is 1. The molecule has 0 saturated heterocycles. The van der Waals surface area contributed by atoms with E-state index in [1.54, 1.807) is 0 Å². The Bertz CT molecular complexity index is 636. The number of nitrogens with one attached hydrogen (secondary N) is 3. The van der Waals surface area contributed by atoms with Gasteiger partial charge in [-0.3, -0.25) is 9.82 Å². The quantitative estimate of drug-likeness (QED) is 0.722. The topological polar surface area (TPSA) is 99.8 Å². The summed E-state index contributed by atoms with van der Waals surface area (Å²) in [6, 6.07) is 1.49. The fraction of sp³-hybridized carbons (Fsp3) is 0.455. The number of sulfonamides is 1. The molecule has 1 unspecified atom stereocenters. The van der Waals surface area contributed by atoms with Gasteiger partial charge in [-0.05, 0) is 26.0 Å². The number of anilines is 1. The van der Waals surface area contributed by atoms with Gasteiger partial charge < -0.3 is 5.32 Å². The molecule has 2 aromatic heterocycles. The highest BCUT2D eigenvalue weighted by Gasteiger charge is 2.18. The number of aromatic nitrogens is 3. The largest absolute Gasteiger partial charge is 0.309 e. The molecule has 0 amide bonds. The van der Waals surface area contributed by atoms with E-state index >= 15 is 0 Å². The second-order valence-electron chi connectivity index (χ2n) is 4.28. The van der Waals surface area contributed by atoms with Gasteiger partial charge in [0.2, 0.25) is 0 Å². The van der Waals surface area contributed by atoms with Gasteiger partial charge in [0.25, 0.3) is 10.0 Å². The standard InChI is InChI=1S/C11H17N5O2S2/c1-3-5-12-8(2)9-7-19-11(14-9)16-20(17,18)10-4-6-13-15-10/h4,6-8,12H,3,5H2,1-2H3,(H,13,15)(H,14,16). The number of rotatable bonds is 7. The van der Waals surface area contributed by atoms with Gasteiger partial charge in [0.05, 0.1) is 11.9 Å². The second-order valence-corrected chi connectivity index (χ2v) is 6.79. The average molecular weight is 315 g/mol. The summed E-state index contributed by atoms with van der Waals surface area (Å²) in [5.74, 6) is 0. The van der Waals surface area contributed by atoms with Crippen LogP contribution in [0.1, 0.15) is 32.0 Å². The van der Waals surface area contributed by atoms with Crippen molar-refractivity contribution in [1.82, 2.24) is 20.5 Å². The van der Waals surface area contributed by atoms with Crippen LogP contribution in [0.25, 0.3) is 0 Å². The molecule has 2 heterocycles. The number of H-pyrrole nitrogens is 1. The van der Waals surface area contributed by atoms with Gasteiger partial charge >= 0.3 is 0 Å². The van der Waals surface area contributed by atoms with Gasteiger partial charge in [0.1, 0.15) is 0 Å². The maximum atomic E-state index is 12.0. The zero-order valence-corrected chi connectivity index (χ0v) is 12.9. The van der Waals surface area contributed by atoms with Crippen LogP contribution in [-0.4, -0.2) is 30.1 Å². The third kappa shape index (κ3) is 3.56. The third-order valence-electron chi connectivity index (χ3n) is 2.65. The van der Waals surface area contributed by atoms with Crippen molar-refractivity contribution >= 4 is 26.5 Å². The summed E-state index contributed by atoms with van der Waals surface area (Å²) in [7, 11) is -3.64. The first kappa shape index (κ1) is 14.9. The van der Waals surface area contributed by atoms with Crippen molar-refractivity contribution in [3.05, 3.63) is 23.3 Å². The zero-order valence-electron chi connectivity index (χ0n) is 11.3. The van der Waals surface area contributed by atoms with Gasteiger partial charge in [-0.25, -0.2) is 4.98 Å². The Balaban J connectivity index is 2.06. The van der Waals surface area contributed by atoms with Crippen LogP contribution < -0.4 is 10.0 Å². The highest BCUT2D eigenvalue weighted by atomic mass is 32.2. The van der Waals surface area contributed by atoms with Gasteiger partial charge in [-0.1, -0.05) is 6.92 Å². The van der Waals surface area contributed by atoms with E-state index in [9.17, 15) is 8.42 Å². The Morgan fingerprint density at radius 2 is 2.30 bits per heavy atom. The van der Waals surface area contributed by atoms with E-state index < -0.39 is 10.0 Å². The Morgan fingerprint density at radius 3 is 2.95 bits per heavy atom. The minimum Gasteiger partial charge on any atom is -0.309 e. The van der Waals surface area contributed by atoms with Crippen LogP contribution in [-0.2, 0) is 10.0 Å². The zero-order chi connectivity index (χ0) is 14.6. The molecule has 110 valence electrons. The minimum atomic E-state index is -3.64. The number of aromatic amines is 1. The Labute approximate surface area is 121 Å². The molecule has 7 nitrogen and oxygen atoms in total. The average Bonchev–Trinajstić information content (AvgIpc) is 3.06. The van der Waals surface area contributed by atoms with E-state index in [-0.39, 0.29) is 11.1 Å². The molecule has 9 heteroatoms. The first-order valence-corrected chi connectivity index (χ1v) is 8.60. The Kier molecular flexibility index (Phi) is 4.73. The lowest BCUT2D eigenvalue weighted by Crippen LogP contribution is -2.19. The van der Waals surface area contributed by atoms with Crippen molar-refractivity contribution in [2.75, 3.05) is 11.3 Å². The Morgan fingerprint density at radius 1 is 1.50 bits per heavy atom. The Hall–Kier alpha value is -1.45. The highest BCUT2D eigenvalue weighted by Crippen LogP contribution is 2.22. The van der Waals surface area contributed by atoms with E-state index in [0.29, 0.717) is 5.13 Å². The lowest BCUT2D eigenvalue weighted by Gasteiger charge is -2.09. The molecule has 2 rings (SSSR count). The summed E-state index contributed by atoms with van der Waals surface area (Å²) >= 11 is 1.26. The van der Waals surface area contributed by atoms with E-state index in [2.05, 4.69) is 32.1 Å². The van der Waals surface area contributed by atoms with Crippen LogP contribution in [0, 0.1) is 0 Å². The van der Waals surface area contributed by atoms with Crippen molar-refractivity contribution < 1.29 is 8.42 Å². The highest BCUT2D eigenvalue weighted by molar-refractivity contribution is 7.92. The maximum absolute atomic E-state index is 12.0. The van der Waals surface area contributed by atoms with Crippen LogP contribution in [0.3, 0.4) is 0 Å². The van der Waals surface area contributed by atoms with Crippen molar-refractivity contribution in [3.8, 4) is 0 Å². The minimum absolute atomic E-state index is 0.0198. The molecule has 1 atom stereocenters. The lowest BCUT2D eigenvalue weighted by molar-refractivity contribution is 0.561. The number of nitrogens with zero attached hydrogens (tertiary/aromatic N) is 2. The molecule has 0 aliphatic heterocycles. The summed E-state index contributed by atoms with van der Waals surface area (Å²) in [5, 5.41) is 11.6. The van der Waals surface area contributed by atoms with Gasteiger partial charge in [0.15, 0.2) is 10.2 Å². The molecule has 0 aliphatic rings. The molecule has 3 N–H and O–H groups in total. The molecule has 0 spiro atoms. The molecule has 0 radical (unpaired) electrons. The number of hydrogen-bond acceptors (Lipinski definition) is 6. The van der Waals surface area contributed by atoms with Crippen LogP contribution >= 0.6 is 11.3 Å². The smallest absolute Gasteiger partial charge is 0.280 e. The predicted molar refractivity (Wildman–Crippen MR) is 78.2 cm³/mol. The number of hydrogen-bond donors (Lipinski definition) is 3. The molecular weight excluding hydrogens is 298 g/mol. The van der Waals surface area contributed by atoms with Crippen LogP contribution in [0.2, 0.25) is 0 Å². The normalized spacial score (nSPS) is 13.3. The van der Waals surface area contributed by atoms with E-state index in [4.69, 9.17) is 0 Å². The van der Waals surface area contributed by atoms with Crippen molar-refractivity contribution in [1.29, 1.82) is 0 Å². The van der Waals surface area contributed by atoms with E-state index in [1.807, 2.05) is 12.3 Å². The van der Waals surface area contributed by atoms with Crippen molar-refractivity contribution in [2.45, 2.75) is 31.3 Å². The van der Waals surface area contributed by atoms with Crippen LogP contribution in [0.5, 0.6) is 0 Å². The van der Waals surface area contributed by atoms with Crippen molar-refractivity contribution in [3.63, 3.8) is 0 Å². The molecule has 0 bridgehead atoms. The van der Waals surface area contributed by atoms with E-state index in [0.717, 1.165) is 18.7 Å². The van der Waals surface area contributed by atoms with Gasteiger partial charge in [-0.2, -0.15) is 13.5 Å². The SMILES string of the molecule is CCCNC(C)c1csc(NS(=O)(=O)c2ccn[nH]2)n1. The van der Waals surface area contributed by atoms with E-state index in [1.165, 1.54) is 23.6 Å². The summed E-state index contributed by atoms with van der Waals surface area (Å²) in [6.07, 6.45) is 2.42. The second kappa shape index (κ2) is 6.33. The van der Waals surface area contributed by atoms with Gasteiger partial charge in [0, 0.05) is 11.4 Å². The summed E-state index contributed by atoms with van der Waals surface area (Å²) in [4.78, 5) is 4.29. The summed E-state index contributed by atoms with van der Waals surface area (Å²) in [6.45, 7) is 4.98. The molecule has 0 aromatic carbocycles. The first-order chi connectivity index (χ1) is 9.53. The maximum Gasteiger partial charge on any atom is 0.280 e. The first-order valence-electron chi connectivity index (χ1n) is 6.24. The summed E-state index contributed by atoms with van der Waals surface area (Å²) < 4.78 is 26.4. The molecule has 0 fully saturated rings. The molecular formula is C11H17N5O2S2. The third-order valence-corrected chi connectivity index (χ3v) is 4.83. The van der Waals surface area contributed by atoms with Crippen molar-refractivity contribution in [2.24, 2.45) is 0 Å². The van der Waals surface area contributed by atoms with Gasteiger partial charge in [-0.15, -0.1) is 11.3 Å². The molecule has 0 saturated carbocycles. The predicted octanol–water partition coefficient (Wildman–Crippen LogP) is 1.73. The molecule has 2 aromatic rings. The van der Waals surface area contributed by atoms with Crippen LogP contribution in [0.4, 0.5) is 5.13 Å². The molecule has 0 aliphatic carbocycles. The fourth-order valence-electron chi connectivity index (χ4n) is 1.56. The lowest BCUT2D eigenvalue weighted by atomic mass is 10.2. The van der Waals surface area contributed by atoms with Crippen LogP contribution in [0.15, 0.2) is 22.7 Å². The summed E-state index contributed by atoms with van der Waals surface area (Å²) in [5.41, 5.74) is 0.825. The molecule has 20 heavy (non-hydrogen) atoms.